The fraction of sp³-hybridized carbons (Fsp3) is 0.222. The lowest BCUT2D eigenvalue weighted by Gasteiger charge is -2.24. The number of hydrazine groups is 1. The number of hydrogen-bond acceptors (Lipinski definition) is 4. The summed E-state index contributed by atoms with van der Waals surface area (Å²) in [6.07, 6.45) is -3.12. The standard InChI is InChI=1S/C18H14ClF4N3O/c1-10-12(7-13-14(19)3-2-4-15(13)20)16(9-27)26(25-10)17-6-5-11(8-24-17)18(21,22)23/h2-6,8-9,16,25H,7H2,1H3. The molecule has 4 nitrogen and oxygen atoms in total. The topological polar surface area (TPSA) is 45.2 Å². The lowest BCUT2D eigenvalue weighted by atomic mass is 9.98. The third kappa shape index (κ3) is 3.75. The van der Waals surface area contributed by atoms with E-state index in [0.717, 1.165) is 6.07 Å². The normalized spacial score (nSPS) is 17.3. The molecule has 0 saturated carbocycles. The van der Waals surface area contributed by atoms with Crippen LogP contribution in [0.2, 0.25) is 5.02 Å². The van der Waals surface area contributed by atoms with Gasteiger partial charge in [-0.25, -0.2) is 9.37 Å². The monoisotopic (exact) mass is 399 g/mol. The predicted octanol–water partition coefficient (Wildman–Crippen LogP) is 4.30. The maximum absolute atomic E-state index is 14.1. The van der Waals surface area contributed by atoms with E-state index in [9.17, 15) is 22.4 Å². The number of aromatic nitrogens is 1. The smallest absolute Gasteiger partial charge is 0.301 e. The lowest BCUT2D eigenvalue weighted by Crippen LogP contribution is -2.41. The van der Waals surface area contributed by atoms with Crippen LogP contribution in [0.5, 0.6) is 0 Å². The van der Waals surface area contributed by atoms with E-state index < -0.39 is 23.6 Å². The van der Waals surface area contributed by atoms with E-state index in [-0.39, 0.29) is 22.8 Å². The Kier molecular flexibility index (Phi) is 5.10. The number of nitrogens with zero attached hydrogens (tertiary/aromatic N) is 2. The molecule has 1 aromatic carbocycles. The summed E-state index contributed by atoms with van der Waals surface area (Å²) in [7, 11) is 0. The van der Waals surface area contributed by atoms with Crippen molar-refractivity contribution in [1.82, 2.24) is 10.4 Å². The number of halogens is 5. The van der Waals surface area contributed by atoms with Gasteiger partial charge in [0.15, 0.2) is 0 Å². The number of benzene rings is 1. The van der Waals surface area contributed by atoms with Crippen LogP contribution >= 0.6 is 11.6 Å². The summed E-state index contributed by atoms with van der Waals surface area (Å²) in [4.78, 5) is 15.5. The average molecular weight is 400 g/mol. The second-order valence-electron chi connectivity index (χ2n) is 5.99. The highest BCUT2D eigenvalue weighted by atomic mass is 35.5. The first-order valence-electron chi connectivity index (χ1n) is 7.89. The van der Waals surface area contributed by atoms with Gasteiger partial charge in [0, 0.05) is 28.9 Å². The number of alkyl halides is 3. The molecule has 1 aromatic heterocycles. The highest BCUT2D eigenvalue weighted by molar-refractivity contribution is 6.31. The Morgan fingerprint density at radius 2 is 2.04 bits per heavy atom. The minimum Gasteiger partial charge on any atom is -0.301 e. The largest absolute Gasteiger partial charge is 0.417 e. The fourth-order valence-corrected chi connectivity index (χ4v) is 3.10. The summed E-state index contributed by atoms with van der Waals surface area (Å²) >= 11 is 6.06. The number of rotatable bonds is 4. The zero-order valence-electron chi connectivity index (χ0n) is 14.0. The van der Waals surface area contributed by atoms with Gasteiger partial charge in [-0.05, 0) is 36.8 Å². The van der Waals surface area contributed by atoms with Crippen molar-refractivity contribution in [3.8, 4) is 0 Å². The molecule has 1 aliphatic heterocycles. The van der Waals surface area contributed by atoms with Crippen molar-refractivity contribution in [2.45, 2.75) is 25.6 Å². The summed E-state index contributed by atoms with van der Waals surface area (Å²) in [5.74, 6) is -0.368. The van der Waals surface area contributed by atoms with E-state index in [1.54, 1.807) is 13.0 Å². The van der Waals surface area contributed by atoms with Crippen LogP contribution in [0.1, 0.15) is 18.1 Å². The molecule has 1 unspecified atom stereocenters. The second kappa shape index (κ2) is 7.19. The van der Waals surface area contributed by atoms with E-state index in [1.165, 1.54) is 23.2 Å². The van der Waals surface area contributed by atoms with Crippen LogP contribution < -0.4 is 10.4 Å². The van der Waals surface area contributed by atoms with Crippen LogP contribution in [0.3, 0.4) is 0 Å². The minimum atomic E-state index is -4.51. The molecule has 0 spiro atoms. The maximum Gasteiger partial charge on any atom is 0.417 e. The van der Waals surface area contributed by atoms with Gasteiger partial charge in [0.1, 0.15) is 24.0 Å². The summed E-state index contributed by atoms with van der Waals surface area (Å²) in [5, 5.41) is 1.57. The van der Waals surface area contributed by atoms with Crippen molar-refractivity contribution >= 4 is 23.7 Å². The average Bonchev–Trinajstić information content (AvgIpc) is 2.93. The molecule has 142 valence electrons. The van der Waals surface area contributed by atoms with Crippen molar-refractivity contribution in [3.05, 3.63) is 69.8 Å². The summed E-state index contributed by atoms with van der Waals surface area (Å²) < 4.78 is 52.2. The lowest BCUT2D eigenvalue weighted by molar-refractivity contribution is -0.137. The molecule has 9 heteroatoms. The Hall–Kier alpha value is -2.61. The van der Waals surface area contributed by atoms with Crippen LogP contribution in [-0.4, -0.2) is 17.3 Å². The van der Waals surface area contributed by atoms with Gasteiger partial charge >= 0.3 is 6.18 Å². The number of carbonyl (C=O) groups is 1. The van der Waals surface area contributed by atoms with Crippen molar-refractivity contribution in [3.63, 3.8) is 0 Å². The molecule has 1 aliphatic rings. The van der Waals surface area contributed by atoms with Crippen molar-refractivity contribution < 1.29 is 22.4 Å². The number of carbonyl (C=O) groups excluding carboxylic acids is 1. The predicted molar refractivity (Wildman–Crippen MR) is 92.5 cm³/mol. The molecule has 2 heterocycles. The van der Waals surface area contributed by atoms with Gasteiger partial charge in [0.25, 0.3) is 0 Å². The van der Waals surface area contributed by atoms with Crippen LogP contribution in [-0.2, 0) is 17.4 Å². The quantitative estimate of drug-likeness (QED) is 0.615. The Labute approximate surface area is 157 Å². The number of pyridine rings is 1. The van der Waals surface area contributed by atoms with Gasteiger partial charge in [0.2, 0.25) is 0 Å². The van der Waals surface area contributed by atoms with E-state index in [1.807, 2.05) is 0 Å². The van der Waals surface area contributed by atoms with Gasteiger partial charge in [-0.1, -0.05) is 17.7 Å². The number of allylic oxidation sites excluding steroid dienone is 1. The Morgan fingerprint density at radius 3 is 2.59 bits per heavy atom. The van der Waals surface area contributed by atoms with Crippen molar-refractivity contribution in [1.29, 1.82) is 0 Å². The molecule has 3 rings (SSSR count). The van der Waals surface area contributed by atoms with E-state index in [0.29, 0.717) is 23.8 Å². The zero-order valence-corrected chi connectivity index (χ0v) is 14.8. The third-order valence-electron chi connectivity index (χ3n) is 4.28. The molecule has 0 saturated heterocycles. The van der Waals surface area contributed by atoms with E-state index in [2.05, 4.69) is 10.4 Å². The van der Waals surface area contributed by atoms with Crippen LogP contribution in [0, 0.1) is 5.82 Å². The minimum absolute atomic E-state index is 0.0743. The summed E-state index contributed by atoms with van der Waals surface area (Å²) in [6.45, 7) is 1.69. The molecule has 0 radical (unpaired) electrons. The first-order chi connectivity index (χ1) is 12.7. The van der Waals surface area contributed by atoms with Crippen LogP contribution in [0.4, 0.5) is 23.4 Å². The Balaban J connectivity index is 1.89. The number of aldehydes is 1. The molecule has 27 heavy (non-hydrogen) atoms. The molecule has 0 fully saturated rings. The zero-order chi connectivity index (χ0) is 19.8. The van der Waals surface area contributed by atoms with E-state index in [4.69, 9.17) is 11.6 Å². The molecule has 0 aliphatic carbocycles. The SMILES string of the molecule is CC1=C(Cc2c(F)cccc2Cl)C(C=O)N(c2ccc(C(F)(F)F)cn2)N1. The highest BCUT2D eigenvalue weighted by Crippen LogP contribution is 2.32. The van der Waals surface area contributed by atoms with E-state index >= 15 is 0 Å². The molecule has 1 N–H and O–H groups in total. The molecule has 2 aromatic rings. The number of nitrogens with one attached hydrogen (secondary N) is 1. The molecule has 0 bridgehead atoms. The third-order valence-corrected chi connectivity index (χ3v) is 4.64. The maximum atomic E-state index is 14.1. The molecule has 1 atom stereocenters. The first-order valence-corrected chi connectivity index (χ1v) is 8.27. The van der Waals surface area contributed by atoms with Gasteiger partial charge < -0.3 is 10.2 Å². The van der Waals surface area contributed by atoms with Crippen molar-refractivity contribution in [2.75, 3.05) is 5.01 Å². The Bertz CT molecular complexity index is 876. The first kappa shape index (κ1) is 19.2. The number of hydrogen-bond donors (Lipinski definition) is 1. The fourth-order valence-electron chi connectivity index (χ4n) is 2.87. The molecule has 0 amide bonds. The number of anilines is 1. The Morgan fingerprint density at radius 1 is 1.30 bits per heavy atom. The molecular weight excluding hydrogens is 386 g/mol. The van der Waals surface area contributed by atoms with Gasteiger partial charge in [-0.2, -0.15) is 13.2 Å². The van der Waals surface area contributed by atoms with Crippen molar-refractivity contribution in [2.24, 2.45) is 0 Å². The molecular formula is C18H14ClF4N3O. The van der Waals surface area contributed by atoms with Gasteiger partial charge in [0.05, 0.1) is 5.56 Å². The summed E-state index contributed by atoms with van der Waals surface area (Å²) in [6, 6.07) is 5.48. The van der Waals surface area contributed by atoms with Gasteiger partial charge in [-0.3, -0.25) is 5.01 Å². The summed E-state index contributed by atoms with van der Waals surface area (Å²) in [5.41, 5.74) is 3.39. The van der Waals surface area contributed by atoms with Crippen LogP contribution in [0.15, 0.2) is 47.8 Å². The van der Waals surface area contributed by atoms with Gasteiger partial charge in [-0.15, -0.1) is 0 Å². The second-order valence-corrected chi connectivity index (χ2v) is 6.40. The highest BCUT2D eigenvalue weighted by Gasteiger charge is 2.34. The van der Waals surface area contributed by atoms with Crippen LogP contribution in [0.25, 0.3) is 0 Å².